The third-order valence-electron chi connectivity index (χ3n) is 3.69. The average molecular weight is 342 g/mol. The first kappa shape index (κ1) is 16.5. The first-order chi connectivity index (χ1) is 9.72. The largest absolute Gasteiger partial charge is 0.298 e. The molecule has 3 rings (SSSR count). The van der Waals surface area contributed by atoms with Gasteiger partial charge in [-0.25, -0.2) is 0 Å². The van der Waals surface area contributed by atoms with Crippen molar-refractivity contribution in [3.05, 3.63) is 57.3 Å². The van der Waals surface area contributed by atoms with Crippen molar-refractivity contribution < 1.29 is 4.79 Å². The van der Waals surface area contributed by atoms with Crippen LogP contribution in [-0.4, -0.2) is 23.2 Å². The van der Waals surface area contributed by atoms with E-state index in [1.807, 2.05) is 12.1 Å². The van der Waals surface area contributed by atoms with E-state index in [0.29, 0.717) is 4.88 Å². The summed E-state index contributed by atoms with van der Waals surface area (Å²) in [6.07, 6.45) is 2.01. The molecule has 2 nitrogen and oxygen atoms in total. The highest BCUT2D eigenvalue weighted by molar-refractivity contribution is 7.15. The standard InChI is InChI=1S/C16H16ClNOS.ClH/c17-16(19)15-10-13-6-8-18(9-7-14(13)20-15)11-12-4-2-1-3-5-12;/h1-5,10H,6-9,11H2;1H. The first-order valence-electron chi connectivity index (χ1n) is 6.80. The number of fused-ring (bicyclic) bond motifs is 1. The Hall–Kier alpha value is -0.870. The lowest BCUT2D eigenvalue weighted by Gasteiger charge is -2.19. The Morgan fingerprint density at radius 1 is 1.19 bits per heavy atom. The number of hydrogen-bond donors (Lipinski definition) is 0. The van der Waals surface area contributed by atoms with Gasteiger partial charge in [-0.2, -0.15) is 0 Å². The van der Waals surface area contributed by atoms with Crippen LogP contribution in [0.15, 0.2) is 36.4 Å². The minimum Gasteiger partial charge on any atom is -0.298 e. The summed E-state index contributed by atoms with van der Waals surface area (Å²) in [4.78, 5) is 15.7. The average Bonchev–Trinajstić information content (AvgIpc) is 2.78. The number of carbonyl (C=O) groups excluding carboxylic acids is 1. The Labute approximate surface area is 140 Å². The number of carbonyl (C=O) groups is 1. The van der Waals surface area contributed by atoms with E-state index in [9.17, 15) is 4.79 Å². The summed E-state index contributed by atoms with van der Waals surface area (Å²) >= 11 is 7.12. The van der Waals surface area contributed by atoms with Gasteiger partial charge in [-0.05, 0) is 41.6 Å². The Morgan fingerprint density at radius 3 is 2.62 bits per heavy atom. The molecule has 0 radical (unpaired) electrons. The topological polar surface area (TPSA) is 20.3 Å². The van der Waals surface area contributed by atoms with Crippen LogP contribution in [0.1, 0.15) is 25.7 Å². The number of nitrogens with zero attached hydrogens (tertiary/aromatic N) is 1. The molecule has 1 aliphatic rings. The number of halogens is 2. The highest BCUT2D eigenvalue weighted by Crippen LogP contribution is 2.27. The molecule has 1 aromatic heterocycles. The molecule has 0 saturated carbocycles. The molecule has 0 spiro atoms. The summed E-state index contributed by atoms with van der Waals surface area (Å²) < 4.78 is 0. The lowest BCUT2D eigenvalue weighted by molar-refractivity contribution is 0.108. The minimum atomic E-state index is -0.329. The van der Waals surface area contributed by atoms with Gasteiger partial charge in [0.15, 0.2) is 0 Å². The molecule has 0 amide bonds. The highest BCUT2D eigenvalue weighted by Gasteiger charge is 2.18. The molecule has 0 saturated heterocycles. The molecule has 2 heterocycles. The Balaban J connectivity index is 0.00000161. The van der Waals surface area contributed by atoms with E-state index >= 15 is 0 Å². The van der Waals surface area contributed by atoms with Gasteiger partial charge >= 0.3 is 0 Å². The zero-order valence-electron chi connectivity index (χ0n) is 11.5. The normalized spacial score (nSPS) is 14.9. The Morgan fingerprint density at radius 2 is 1.90 bits per heavy atom. The van der Waals surface area contributed by atoms with E-state index in [4.69, 9.17) is 11.6 Å². The number of thiophene rings is 1. The molecular formula is C16H17Cl2NOS. The predicted octanol–water partition coefficient (Wildman–Crippen LogP) is 4.15. The van der Waals surface area contributed by atoms with Crippen molar-refractivity contribution in [2.75, 3.05) is 13.1 Å². The van der Waals surface area contributed by atoms with Crippen LogP contribution in [0, 0.1) is 0 Å². The van der Waals surface area contributed by atoms with Gasteiger partial charge in [0.2, 0.25) is 0 Å². The van der Waals surface area contributed by atoms with Crippen molar-refractivity contribution in [1.82, 2.24) is 4.90 Å². The van der Waals surface area contributed by atoms with Gasteiger partial charge in [0.1, 0.15) is 0 Å². The molecule has 21 heavy (non-hydrogen) atoms. The smallest absolute Gasteiger partial charge is 0.262 e. The number of benzene rings is 1. The van der Waals surface area contributed by atoms with Crippen LogP contribution < -0.4 is 0 Å². The molecule has 0 N–H and O–H groups in total. The van der Waals surface area contributed by atoms with Crippen molar-refractivity contribution in [3.8, 4) is 0 Å². The van der Waals surface area contributed by atoms with E-state index < -0.39 is 0 Å². The summed E-state index contributed by atoms with van der Waals surface area (Å²) in [7, 11) is 0. The minimum absolute atomic E-state index is 0. The fourth-order valence-electron chi connectivity index (χ4n) is 2.64. The summed E-state index contributed by atoms with van der Waals surface area (Å²) in [5, 5.41) is -0.329. The van der Waals surface area contributed by atoms with Crippen molar-refractivity contribution in [1.29, 1.82) is 0 Å². The van der Waals surface area contributed by atoms with Crippen molar-refractivity contribution in [3.63, 3.8) is 0 Å². The lowest BCUT2D eigenvalue weighted by Crippen LogP contribution is -2.25. The van der Waals surface area contributed by atoms with Crippen LogP contribution >= 0.6 is 35.3 Å². The molecule has 0 bridgehead atoms. The third kappa shape index (κ3) is 4.07. The van der Waals surface area contributed by atoms with Gasteiger partial charge in [0.25, 0.3) is 5.24 Å². The summed E-state index contributed by atoms with van der Waals surface area (Å²) in [5.74, 6) is 0. The van der Waals surface area contributed by atoms with Crippen LogP contribution in [0.4, 0.5) is 0 Å². The van der Waals surface area contributed by atoms with Gasteiger partial charge in [-0.3, -0.25) is 9.69 Å². The molecule has 1 aromatic carbocycles. The maximum absolute atomic E-state index is 11.2. The number of rotatable bonds is 3. The molecule has 0 aliphatic carbocycles. The third-order valence-corrected chi connectivity index (χ3v) is 5.24. The maximum Gasteiger partial charge on any atom is 0.262 e. The van der Waals surface area contributed by atoms with E-state index in [1.165, 1.54) is 16.0 Å². The molecule has 112 valence electrons. The fraction of sp³-hybridized carbons (Fsp3) is 0.312. The second-order valence-corrected chi connectivity index (χ2v) is 6.57. The lowest BCUT2D eigenvalue weighted by atomic mass is 10.1. The zero-order chi connectivity index (χ0) is 13.9. The molecule has 1 aliphatic heterocycles. The quantitative estimate of drug-likeness (QED) is 0.781. The molecule has 2 aromatic rings. The summed E-state index contributed by atoms with van der Waals surface area (Å²) in [6, 6.07) is 12.5. The maximum atomic E-state index is 11.2. The Bertz CT molecular complexity index is 586. The van der Waals surface area contributed by atoms with Crippen molar-refractivity contribution >= 4 is 40.6 Å². The second-order valence-electron chi connectivity index (χ2n) is 5.09. The van der Waals surface area contributed by atoms with Crippen LogP contribution in [0.25, 0.3) is 0 Å². The van der Waals surface area contributed by atoms with Crippen LogP contribution in [-0.2, 0) is 19.4 Å². The van der Waals surface area contributed by atoms with Crippen LogP contribution in [0.3, 0.4) is 0 Å². The zero-order valence-corrected chi connectivity index (χ0v) is 13.9. The van der Waals surface area contributed by atoms with Gasteiger partial charge in [-0.15, -0.1) is 23.7 Å². The van der Waals surface area contributed by atoms with Crippen LogP contribution in [0.5, 0.6) is 0 Å². The van der Waals surface area contributed by atoms with Crippen molar-refractivity contribution in [2.45, 2.75) is 19.4 Å². The predicted molar refractivity (Wildman–Crippen MR) is 90.9 cm³/mol. The number of hydrogen-bond acceptors (Lipinski definition) is 3. The Kier molecular flexibility index (Phi) is 5.82. The molecule has 0 atom stereocenters. The van der Waals surface area contributed by atoms with E-state index in [0.717, 1.165) is 32.5 Å². The van der Waals surface area contributed by atoms with Gasteiger partial charge in [0, 0.05) is 24.5 Å². The first-order valence-corrected chi connectivity index (χ1v) is 7.99. The SMILES string of the molecule is Cl.O=C(Cl)c1cc2c(s1)CCN(Cc1ccccc1)CC2. The molecule has 5 heteroatoms. The molecular weight excluding hydrogens is 325 g/mol. The fourth-order valence-corrected chi connectivity index (χ4v) is 3.84. The van der Waals surface area contributed by atoms with E-state index in [2.05, 4.69) is 29.2 Å². The van der Waals surface area contributed by atoms with Gasteiger partial charge in [0.05, 0.1) is 4.88 Å². The second kappa shape index (κ2) is 7.41. The van der Waals surface area contributed by atoms with E-state index in [1.54, 1.807) is 11.3 Å². The van der Waals surface area contributed by atoms with Crippen molar-refractivity contribution in [2.24, 2.45) is 0 Å². The van der Waals surface area contributed by atoms with Gasteiger partial charge < -0.3 is 0 Å². The highest BCUT2D eigenvalue weighted by atomic mass is 35.5. The molecule has 0 unspecified atom stereocenters. The summed E-state index contributed by atoms with van der Waals surface area (Å²) in [6.45, 7) is 3.07. The van der Waals surface area contributed by atoms with E-state index in [-0.39, 0.29) is 17.6 Å². The monoisotopic (exact) mass is 341 g/mol. The van der Waals surface area contributed by atoms with Crippen LogP contribution in [0.2, 0.25) is 0 Å². The summed E-state index contributed by atoms with van der Waals surface area (Å²) in [5.41, 5.74) is 2.66. The van der Waals surface area contributed by atoms with Gasteiger partial charge in [-0.1, -0.05) is 30.3 Å². The molecule has 0 fully saturated rings.